The van der Waals surface area contributed by atoms with Gasteiger partial charge in [-0.15, -0.1) is 0 Å². The molecule has 1 amide bonds. The quantitative estimate of drug-likeness (QED) is 0.768. The first-order valence-corrected chi connectivity index (χ1v) is 12.8. The van der Waals surface area contributed by atoms with E-state index in [1.54, 1.807) is 24.3 Å². The van der Waals surface area contributed by atoms with E-state index >= 15 is 0 Å². The lowest BCUT2D eigenvalue weighted by Gasteiger charge is -2.29. The zero-order valence-electron chi connectivity index (χ0n) is 18.0. The van der Waals surface area contributed by atoms with Crippen LogP contribution in [0.1, 0.15) is 54.1 Å². The van der Waals surface area contributed by atoms with Crippen molar-refractivity contribution in [2.24, 2.45) is 17.8 Å². The summed E-state index contributed by atoms with van der Waals surface area (Å²) < 4.78 is 27.8. The van der Waals surface area contributed by atoms with Gasteiger partial charge in [-0.05, 0) is 85.8 Å². The summed E-state index contributed by atoms with van der Waals surface area (Å²) >= 11 is 0. The highest BCUT2D eigenvalue weighted by molar-refractivity contribution is 7.89. The highest BCUT2D eigenvalue weighted by Crippen LogP contribution is 2.49. The van der Waals surface area contributed by atoms with Gasteiger partial charge >= 0.3 is 0 Å². The molecule has 0 aromatic heterocycles. The molecule has 5 rings (SSSR count). The van der Waals surface area contributed by atoms with Crippen molar-refractivity contribution in [3.63, 3.8) is 0 Å². The number of amides is 1. The Morgan fingerprint density at radius 1 is 1.03 bits per heavy atom. The van der Waals surface area contributed by atoms with Crippen LogP contribution in [0.15, 0.2) is 53.4 Å². The van der Waals surface area contributed by atoms with Crippen LogP contribution in [0.2, 0.25) is 0 Å². The van der Waals surface area contributed by atoms with E-state index in [2.05, 4.69) is 18.3 Å². The number of hydrogen-bond donors (Lipinski definition) is 1. The highest BCUT2D eigenvalue weighted by atomic mass is 32.2. The molecule has 2 aromatic rings. The lowest BCUT2D eigenvalue weighted by Crippen LogP contribution is -2.40. The van der Waals surface area contributed by atoms with Crippen LogP contribution < -0.4 is 5.32 Å². The van der Waals surface area contributed by atoms with E-state index in [1.165, 1.54) is 35.6 Å². The fraction of sp³-hybridized carbons (Fsp3) is 0.480. The molecule has 0 radical (unpaired) electrons. The van der Waals surface area contributed by atoms with Crippen molar-refractivity contribution < 1.29 is 13.2 Å². The summed E-state index contributed by atoms with van der Waals surface area (Å²) in [6.45, 7) is 2.97. The van der Waals surface area contributed by atoms with Crippen LogP contribution in [0.4, 0.5) is 0 Å². The maximum Gasteiger partial charge on any atom is 0.251 e. The Morgan fingerprint density at radius 2 is 1.77 bits per heavy atom. The Hall–Kier alpha value is -2.18. The Balaban J connectivity index is 1.25. The number of nitrogens with one attached hydrogen (secondary N) is 1. The number of nitrogens with zero attached hydrogens (tertiary/aromatic N) is 1. The lowest BCUT2D eigenvalue weighted by molar-refractivity contribution is 0.0915. The third kappa shape index (κ3) is 3.92. The fourth-order valence-corrected chi connectivity index (χ4v) is 7.32. The molecule has 1 heterocycles. The van der Waals surface area contributed by atoms with Gasteiger partial charge in [-0.3, -0.25) is 4.79 Å². The van der Waals surface area contributed by atoms with Crippen LogP contribution in [-0.4, -0.2) is 31.2 Å². The Labute approximate surface area is 184 Å². The Morgan fingerprint density at radius 3 is 2.45 bits per heavy atom. The van der Waals surface area contributed by atoms with Gasteiger partial charge in [0.05, 0.1) is 4.90 Å². The van der Waals surface area contributed by atoms with Crippen molar-refractivity contribution in [3.8, 4) is 0 Å². The highest BCUT2D eigenvalue weighted by Gasteiger charge is 2.42. The van der Waals surface area contributed by atoms with E-state index < -0.39 is 10.0 Å². The topological polar surface area (TPSA) is 66.5 Å². The first-order chi connectivity index (χ1) is 14.9. The number of carbonyl (C=O) groups is 1. The third-order valence-corrected chi connectivity index (χ3v) is 9.50. The second kappa shape index (κ2) is 8.06. The number of hydrogen-bond acceptors (Lipinski definition) is 3. The molecule has 5 nitrogen and oxygen atoms in total. The third-order valence-electron chi connectivity index (χ3n) is 7.64. The van der Waals surface area contributed by atoms with Gasteiger partial charge in [0.25, 0.3) is 5.91 Å². The molecule has 6 heteroatoms. The van der Waals surface area contributed by atoms with Gasteiger partial charge in [0.2, 0.25) is 10.0 Å². The number of fused-ring (bicyclic) bond motifs is 3. The van der Waals surface area contributed by atoms with Crippen LogP contribution >= 0.6 is 0 Å². The van der Waals surface area contributed by atoms with Gasteiger partial charge < -0.3 is 5.32 Å². The minimum atomic E-state index is -3.59. The molecular weight excluding hydrogens is 408 g/mol. The van der Waals surface area contributed by atoms with Gasteiger partial charge in [-0.2, -0.15) is 4.31 Å². The Kier molecular flexibility index (Phi) is 5.39. The van der Waals surface area contributed by atoms with E-state index in [-0.39, 0.29) is 16.8 Å². The van der Waals surface area contributed by atoms with Crippen LogP contribution in [0.3, 0.4) is 0 Å². The second-order valence-corrected chi connectivity index (χ2v) is 11.4. The molecule has 4 unspecified atom stereocenters. The molecule has 3 aliphatic rings. The van der Waals surface area contributed by atoms with E-state index in [9.17, 15) is 13.2 Å². The fourth-order valence-electron chi connectivity index (χ4n) is 5.91. The molecule has 2 aromatic carbocycles. The summed E-state index contributed by atoms with van der Waals surface area (Å²) in [7, 11) is -3.59. The zero-order valence-corrected chi connectivity index (χ0v) is 18.8. The normalized spacial score (nSPS) is 26.4. The zero-order chi connectivity index (χ0) is 21.6. The first-order valence-electron chi connectivity index (χ1n) is 11.4. The molecule has 2 saturated carbocycles. The van der Waals surface area contributed by atoms with Crippen molar-refractivity contribution in [2.45, 2.75) is 56.5 Å². The minimum absolute atomic E-state index is 0.119. The maximum atomic E-state index is 13.1. The summed E-state index contributed by atoms with van der Waals surface area (Å²) in [6, 6.07) is 14.5. The molecule has 0 saturated heterocycles. The smallest absolute Gasteiger partial charge is 0.251 e. The van der Waals surface area contributed by atoms with Crippen molar-refractivity contribution in [1.29, 1.82) is 0 Å². The summed E-state index contributed by atoms with van der Waals surface area (Å²) in [5.74, 6) is 2.05. The average Bonchev–Trinajstić information content (AvgIpc) is 3.43. The van der Waals surface area contributed by atoms with Crippen molar-refractivity contribution in [3.05, 3.63) is 65.2 Å². The van der Waals surface area contributed by atoms with Gasteiger partial charge in [0.1, 0.15) is 0 Å². The maximum absolute atomic E-state index is 13.1. The molecular formula is C25H30N2O3S. The molecule has 2 fully saturated rings. The average molecular weight is 439 g/mol. The second-order valence-electron chi connectivity index (χ2n) is 9.48. The van der Waals surface area contributed by atoms with Crippen molar-refractivity contribution in [2.75, 3.05) is 6.54 Å². The SMILES string of the molecule is CC(NC(=O)c1ccc(S(=O)(=O)N2CCc3ccccc3C2)cc1)C1CC2CCC1C2. The van der Waals surface area contributed by atoms with Crippen LogP contribution in [0, 0.1) is 17.8 Å². The molecule has 31 heavy (non-hydrogen) atoms. The molecule has 0 spiro atoms. The van der Waals surface area contributed by atoms with Crippen molar-refractivity contribution in [1.82, 2.24) is 9.62 Å². The van der Waals surface area contributed by atoms with Crippen LogP contribution in [0.25, 0.3) is 0 Å². The van der Waals surface area contributed by atoms with Gasteiger partial charge in [0, 0.05) is 24.7 Å². The van der Waals surface area contributed by atoms with E-state index in [4.69, 9.17) is 0 Å². The van der Waals surface area contributed by atoms with Crippen LogP contribution in [0.5, 0.6) is 0 Å². The predicted octanol–water partition coefficient (Wildman–Crippen LogP) is 3.99. The van der Waals surface area contributed by atoms with Crippen molar-refractivity contribution >= 4 is 15.9 Å². The number of rotatable bonds is 5. The summed E-state index contributed by atoms with van der Waals surface area (Å²) in [5, 5.41) is 3.16. The minimum Gasteiger partial charge on any atom is -0.349 e. The molecule has 1 N–H and O–H groups in total. The molecule has 4 atom stereocenters. The predicted molar refractivity (Wildman–Crippen MR) is 120 cm³/mol. The number of benzene rings is 2. The van der Waals surface area contributed by atoms with Gasteiger partial charge in [-0.25, -0.2) is 8.42 Å². The van der Waals surface area contributed by atoms with Gasteiger partial charge in [0.15, 0.2) is 0 Å². The lowest BCUT2D eigenvalue weighted by atomic mass is 9.84. The molecule has 1 aliphatic heterocycles. The van der Waals surface area contributed by atoms with Crippen LogP contribution in [-0.2, 0) is 23.0 Å². The summed E-state index contributed by atoms with van der Waals surface area (Å²) in [4.78, 5) is 13.0. The number of carbonyl (C=O) groups excluding carboxylic acids is 1. The van der Waals surface area contributed by atoms with Gasteiger partial charge in [-0.1, -0.05) is 30.7 Å². The first kappa shape index (κ1) is 20.7. The number of sulfonamides is 1. The molecule has 2 aliphatic carbocycles. The van der Waals surface area contributed by atoms with E-state index in [0.29, 0.717) is 24.6 Å². The molecule has 2 bridgehead atoms. The summed E-state index contributed by atoms with van der Waals surface area (Å²) in [5.41, 5.74) is 2.78. The summed E-state index contributed by atoms with van der Waals surface area (Å²) in [6.07, 6.45) is 5.90. The monoisotopic (exact) mass is 438 g/mol. The van der Waals surface area contributed by atoms with E-state index in [0.717, 1.165) is 23.8 Å². The van der Waals surface area contributed by atoms with E-state index in [1.807, 2.05) is 18.2 Å². The standard InChI is InChI=1S/C25H30N2O3S/c1-17(24-15-18-6-7-21(24)14-18)26-25(28)20-8-10-23(11-9-20)31(29,30)27-13-12-19-4-2-3-5-22(19)16-27/h2-5,8-11,17-18,21,24H,6-7,12-16H2,1H3,(H,26,28). The largest absolute Gasteiger partial charge is 0.349 e. The Bertz CT molecular complexity index is 1080. The molecule has 164 valence electrons.